The molecule has 4 saturated carbocycles. The van der Waals surface area contributed by atoms with Crippen LogP contribution in [0.15, 0.2) is 11.6 Å². The van der Waals surface area contributed by atoms with Crippen LogP contribution in [0.1, 0.15) is 106 Å². The third-order valence-corrected chi connectivity index (χ3v) is 13.7. The second-order valence-corrected chi connectivity index (χ2v) is 15.0. The van der Waals surface area contributed by atoms with Gasteiger partial charge in [0.15, 0.2) is 6.61 Å². The van der Waals surface area contributed by atoms with E-state index >= 15 is 0 Å². The summed E-state index contributed by atoms with van der Waals surface area (Å²) in [6.07, 6.45) is 17.4. The van der Waals surface area contributed by atoms with Crippen molar-refractivity contribution >= 4 is 5.97 Å². The second-order valence-electron chi connectivity index (χ2n) is 15.0. The largest absolute Gasteiger partial charge is 0.452 e. The molecular formula is C33H50O3. The van der Waals surface area contributed by atoms with Crippen LogP contribution in [0.5, 0.6) is 0 Å². The number of rotatable bonds is 2. The monoisotopic (exact) mass is 494 g/mol. The van der Waals surface area contributed by atoms with Crippen molar-refractivity contribution in [3.8, 4) is 12.3 Å². The Morgan fingerprint density at radius 1 is 1.03 bits per heavy atom. The van der Waals surface area contributed by atoms with Crippen LogP contribution in [0.2, 0.25) is 0 Å². The van der Waals surface area contributed by atoms with Crippen molar-refractivity contribution in [1.29, 1.82) is 0 Å². The van der Waals surface area contributed by atoms with E-state index in [0.717, 1.165) is 44.9 Å². The van der Waals surface area contributed by atoms with Crippen LogP contribution in [0.3, 0.4) is 0 Å². The second kappa shape index (κ2) is 8.36. The van der Waals surface area contributed by atoms with Crippen molar-refractivity contribution in [2.24, 2.45) is 56.7 Å². The molecule has 0 aliphatic heterocycles. The number of hydrogen-bond donors (Lipinski definition) is 1. The maximum absolute atomic E-state index is 13.7. The van der Waals surface area contributed by atoms with Crippen molar-refractivity contribution in [3.05, 3.63) is 11.6 Å². The summed E-state index contributed by atoms with van der Waals surface area (Å²) in [4.78, 5) is 13.7. The maximum Gasteiger partial charge on any atom is 0.313 e. The fourth-order valence-electron chi connectivity index (χ4n) is 11.1. The van der Waals surface area contributed by atoms with E-state index < -0.39 is 5.41 Å². The molecule has 5 rings (SSSR count). The summed E-state index contributed by atoms with van der Waals surface area (Å²) >= 11 is 0. The first-order chi connectivity index (χ1) is 16.8. The number of hydrogen-bond acceptors (Lipinski definition) is 3. The van der Waals surface area contributed by atoms with E-state index in [2.05, 4.69) is 60.5 Å². The summed E-state index contributed by atoms with van der Waals surface area (Å²) < 4.78 is 5.71. The Kier molecular flexibility index (Phi) is 6.12. The number of carbonyl (C=O) groups is 1. The molecule has 200 valence electrons. The molecular weight excluding hydrogens is 444 g/mol. The summed E-state index contributed by atoms with van der Waals surface area (Å²) in [7, 11) is 0. The van der Waals surface area contributed by atoms with Gasteiger partial charge in [0, 0.05) is 0 Å². The normalized spacial score (nSPS) is 51.4. The zero-order valence-corrected chi connectivity index (χ0v) is 24.0. The number of aliphatic hydroxyl groups is 1. The first kappa shape index (κ1) is 26.3. The first-order valence-electron chi connectivity index (χ1n) is 14.8. The summed E-state index contributed by atoms with van der Waals surface area (Å²) in [5.41, 5.74) is 1.66. The molecule has 5 aliphatic carbocycles. The molecule has 0 amide bonds. The molecule has 4 fully saturated rings. The van der Waals surface area contributed by atoms with Gasteiger partial charge in [-0.3, -0.25) is 4.79 Å². The molecule has 0 saturated heterocycles. The van der Waals surface area contributed by atoms with Gasteiger partial charge in [0.2, 0.25) is 0 Å². The molecule has 3 heteroatoms. The van der Waals surface area contributed by atoms with Gasteiger partial charge in [0.1, 0.15) is 0 Å². The van der Waals surface area contributed by atoms with Gasteiger partial charge in [0.05, 0.1) is 11.5 Å². The quantitative estimate of drug-likeness (QED) is 0.251. The molecule has 0 radical (unpaired) electrons. The Labute approximate surface area is 220 Å². The Morgan fingerprint density at radius 3 is 2.44 bits per heavy atom. The van der Waals surface area contributed by atoms with Crippen LogP contribution in [-0.4, -0.2) is 23.8 Å². The number of esters is 1. The highest BCUT2D eigenvalue weighted by atomic mass is 16.5. The van der Waals surface area contributed by atoms with E-state index in [0.29, 0.717) is 23.7 Å². The first-order valence-corrected chi connectivity index (χ1v) is 14.8. The number of carbonyl (C=O) groups excluding carboxylic acids is 1. The lowest BCUT2D eigenvalue weighted by Gasteiger charge is -2.71. The zero-order chi connectivity index (χ0) is 26.3. The fourth-order valence-corrected chi connectivity index (χ4v) is 11.1. The minimum Gasteiger partial charge on any atom is -0.452 e. The van der Waals surface area contributed by atoms with Crippen LogP contribution >= 0.6 is 0 Å². The highest BCUT2D eigenvalue weighted by Gasteiger charge is 2.69. The molecule has 1 unspecified atom stereocenters. The maximum atomic E-state index is 13.7. The molecule has 0 aromatic heterocycles. The third kappa shape index (κ3) is 3.18. The molecule has 1 N–H and O–H groups in total. The van der Waals surface area contributed by atoms with E-state index in [9.17, 15) is 9.90 Å². The summed E-state index contributed by atoms with van der Waals surface area (Å²) in [5, 5.41) is 10.9. The predicted molar refractivity (Wildman–Crippen MR) is 145 cm³/mol. The Hall–Kier alpha value is -1.27. The van der Waals surface area contributed by atoms with E-state index in [1.54, 1.807) is 5.57 Å². The van der Waals surface area contributed by atoms with E-state index in [4.69, 9.17) is 11.2 Å². The van der Waals surface area contributed by atoms with Gasteiger partial charge < -0.3 is 9.84 Å². The number of terminal acetylenes is 1. The Balaban J connectivity index is 1.59. The van der Waals surface area contributed by atoms with Gasteiger partial charge in [-0.1, -0.05) is 66.0 Å². The lowest BCUT2D eigenvalue weighted by molar-refractivity contribution is -0.207. The molecule has 0 aromatic carbocycles. The van der Waals surface area contributed by atoms with Gasteiger partial charge in [0.25, 0.3) is 0 Å². The third-order valence-electron chi connectivity index (χ3n) is 13.7. The average molecular weight is 495 g/mol. The van der Waals surface area contributed by atoms with Gasteiger partial charge in [-0.2, -0.15) is 0 Å². The topological polar surface area (TPSA) is 46.5 Å². The molecule has 5 aliphatic rings. The SMILES string of the molecule is C#CCOC(=O)[C@]12CC[C@@H](C)[C@H](C)[C@H]1C1=CC[C@@H]3C4(C)CC[C@H](O)C(C)(C)[C@@H]4CC[C@@]3(C)[C@]1(C)CC2. The molecule has 0 heterocycles. The zero-order valence-electron chi connectivity index (χ0n) is 24.0. The molecule has 0 bridgehead atoms. The van der Waals surface area contributed by atoms with E-state index in [-0.39, 0.29) is 46.3 Å². The predicted octanol–water partition coefficient (Wildman–Crippen LogP) is 7.18. The van der Waals surface area contributed by atoms with Gasteiger partial charge in [-0.05, 0) is 109 Å². The summed E-state index contributed by atoms with van der Waals surface area (Å²) in [6, 6.07) is 0. The van der Waals surface area contributed by atoms with E-state index in [1.807, 2.05) is 0 Å². The average Bonchev–Trinajstić information content (AvgIpc) is 2.83. The lowest BCUT2D eigenvalue weighted by atomic mass is 9.33. The fraction of sp³-hybridized carbons (Fsp3) is 0.848. The van der Waals surface area contributed by atoms with Crippen LogP contribution in [0.25, 0.3) is 0 Å². The van der Waals surface area contributed by atoms with Crippen molar-refractivity contribution in [2.75, 3.05) is 6.61 Å². The molecule has 0 spiro atoms. The smallest absolute Gasteiger partial charge is 0.313 e. The summed E-state index contributed by atoms with van der Waals surface area (Å²) in [6.45, 7) is 17.2. The van der Waals surface area contributed by atoms with Gasteiger partial charge in [-0.15, -0.1) is 6.42 Å². The Bertz CT molecular complexity index is 987. The number of aliphatic hydroxyl groups excluding tert-OH is 1. The number of allylic oxidation sites excluding steroid dienone is 2. The van der Waals surface area contributed by atoms with Crippen LogP contribution in [0, 0.1) is 69.0 Å². The highest BCUT2D eigenvalue weighted by Crippen LogP contribution is 2.75. The van der Waals surface area contributed by atoms with Gasteiger partial charge in [-0.25, -0.2) is 0 Å². The van der Waals surface area contributed by atoms with E-state index in [1.165, 1.54) is 12.8 Å². The summed E-state index contributed by atoms with van der Waals surface area (Å²) in [5.74, 6) is 4.96. The molecule has 3 nitrogen and oxygen atoms in total. The van der Waals surface area contributed by atoms with Crippen molar-refractivity contribution in [1.82, 2.24) is 0 Å². The Morgan fingerprint density at radius 2 is 1.75 bits per heavy atom. The molecule has 10 atom stereocenters. The molecule has 36 heavy (non-hydrogen) atoms. The van der Waals surface area contributed by atoms with Crippen LogP contribution in [0.4, 0.5) is 0 Å². The van der Waals surface area contributed by atoms with Crippen molar-refractivity contribution < 1.29 is 14.6 Å². The standard InChI is InChI=1S/C33H50O3/c1-9-20-36-28(35)33-17-12-21(2)22(3)27(33)23-10-11-25-30(6)15-14-26(34)29(4,5)24(30)13-16-32(25,8)31(23,7)18-19-33/h1,10,21-22,24-27,34H,11-20H2,2-8H3/t21-,22+,24+,25-,26+,27+,30?,31-,32-,33+/m1/s1. The van der Waals surface area contributed by atoms with Gasteiger partial charge >= 0.3 is 5.97 Å². The lowest BCUT2D eigenvalue weighted by Crippen LogP contribution is -2.65. The number of fused-ring (bicyclic) bond motifs is 7. The van der Waals surface area contributed by atoms with Crippen molar-refractivity contribution in [2.45, 2.75) is 112 Å². The van der Waals surface area contributed by atoms with Crippen LogP contribution < -0.4 is 0 Å². The number of ether oxygens (including phenoxy) is 1. The van der Waals surface area contributed by atoms with Crippen molar-refractivity contribution in [3.63, 3.8) is 0 Å². The minimum atomic E-state index is -0.421. The highest BCUT2D eigenvalue weighted by molar-refractivity contribution is 5.79. The molecule has 0 aromatic rings. The van der Waals surface area contributed by atoms with Crippen LogP contribution in [-0.2, 0) is 9.53 Å². The minimum absolute atomic E-state index is 0.0327.